The van der Waals surface area contributed by atoms with Gasteiger partial charge in [0.15, 0.2) is 0 Å². The van der Waals surface area contributed by atoms with E-state index < -0.39 is 0 Å². The van der Waals surface area contributed by atoms with E-state index in [1.54, 1.807) is 0 Å². The van der Waals surface area contributed by atoms with E-state index in [2.05, 4.69) is 32.6 Å². The third-order valence-corrected chi connectivity index (χ3v) is 3.61. The summed E-state index contributed by atoms with van der Waals surface area (Å²) in [5.41, 5.74) is 5.85. The molecule has 1 saturated heterocycles. The molecular formula is C14H29N3O. The van der Waals surface area contributed by atoms with Crippen molar-refractivity contribution in [3.8, 4) is 0 Å². The molecule has 1 fully saturated rings. The van der Waals surface area contributed by atoms with E-state index in [1.807, 2.05) is 4.90 Å². The molecule has 1 unspecified atom stereocenters. The molecule has 1 heterocycles. The van der Waals surface area contributed by atoms with Crippen LogP contribution in [0.2, 0.25) is 0 Å². The minimum Gasteiger partial charge on any atom is -0.340 e. The summed E-state index contributed by atoms with van der Waals surface area (Å²) in [6.07, 6.45) is 1.73. The van der Waals surface area contributed by atoms with Crippen molar-refractivity contribution in [2.45, 2.75) is 46.6 Å². The number of hydrogen-bond donors (Lipinski definition) is 1. The second-order valence-corrected chi connectivity index (χ2v) is 6.45. The van der Waals surface area contributed by atoms with Crippen molar-refractivity contribution < 1.29 is 4.79 Å². The fourth-order valence-corrected chi connectivity index (χ4v) is 2.48. The van der Waals surface area contributed by atoms with Crippen molar-refractivity contribution >= 4 is 5.91 Å². The van der Waals surface area contributed by atoms with E-state index in [4.69, 9.17) is 5.73 Å². The van der Waals surface area contributed by atoms with Gasteiger partial charge in [0.25, 0.3) is 0 Å². The van der Waals surface area contributed by atoms with Crippen LogP contribution >= 0.6 is 0 Å². The lowest BCUT2D eigenvalue weighted by Gasteiger charge is -2.39. The average molecular weight is 255 g/mol. The molecule has 0 spiro atoms. The van der Waals surface area contributed by atoms with Crippen LogP contribution in [0.4, 0.5) is 0 Å². The fourth-order valence-electron chi connectivity index (χ4n) is 2.48. The molecule has 0 saturated carbocycles. The first kappa shape index (κ1) is 15.4. The second kappa shape index (κ2) is 6.53. The molecule has 0 aromatic rings. The highest BCUT2D eigenvalue weighted by molar-refractivity contribution is 5.76. The molecule has 0 aromatic carbocycles. The Morgan fingerprint density at radius 2 is 1.78 bits per heavy atom. The SMILES string of the molecule is CCC(CN)N1CCN(C(=O)CC(C)(C)C)CC1. The van der Waals surface area contributed by atoms with Crippen molar-refractivity contribution in [1.29, 1.82) is 0 Å². The summed E-state index contributed by atoms with van der Waals surface area (Å²) in [6.45, 7) is 12.9. The van der Waals surface area contributed by atoms with Crippen molar-refractivity contribution in [3.63, 3.8) is 0 Å². The van der Waals surface area contributed by atoms with E-state index in [0.717, 1.165) is 32.6 Å². The highest BCUT2D eigenvalue weighted by Crippen LogP contribution is 2.20. The Morgan fingerprint density at radius 1 is 1.22 bits per heavy atom. The van der Waals surface area contributed by atoms with Crippen molar-refractivity contribution in [3.05, 3.63) is 0 Å². The predicted molar refractivity (Wildman–Crippen MR) is 75.4 cm³/mol. The number of nitrogens with two attached hydrogens (primary N) is 1. The average Bonchev–Trinajstić information content (AvgIpc) is 2.29. The van der Waals surface area contributed by atoms with Gasteiger partial charge in [-0.25, -0.2) is 0 Å². The Labute approximate surface area is 111 Å². The van der Waals surface area contributed by atoms with Crippen molar-refractivity contribution in [1.82, 2.24) is 9.80 Å². The van der Waals surface area contributed by atoms with Gasteiger partial charge in [0.1, 0.15) is 0 Å². The molecule has 2 N–H and O–H groups in total. The normalized spacial score (nSPS) is 19.9. The molecule has 106 valence electrons. The molecule has 0 aliphatic carbocycles. The monoisotopic (exact) mass is 255 g/mol. The van der Waals surface area contributed by atoms with Crippen LogP contribution in [0.3, 0.4) is 0 Å². The fraction of sp³-hybridized carbons (Fsp3) is 0.929. The molecule has 1 amide bonds. The van der Waals surface area contributed by atoms with Crippen LogP contribution in [0.15, 0.2) is 0 Å². The predicted octanol–water partition coefficient (Wildman–Crippen LogP) is 1.30. The Kier molecular flexibility index (Phi) is 5.60. The zero-order valence-electron chi connectivity index (χ0n) is 12.4. The van der Waals surface area contributed by atoms with E-state index in [1.165, 1.54) is 0 Å². The Balaban J connectivity index is 2.41. The quantitative estimate of drug-likeness (QED) is 0.824. The molecule has 0 bridgehead atoms. The van der Waals surface area contributed by atoms with Gasteiger partial charge in [-0.05, 0) is 11.8 Å². The second-order valence-electron chi connectivity index (χ2n) is 6.45. The molecule has 4 nitrogen and oxygen atoms in total. The highest BCUT2D eigenvalue weighted by atomic mass is 16.2. The third kappa shape index (κ3) is 4.58. The van der Waals surface area contributed by atoms with Crippen molar-refractivity contribution in [2.24, 2.45) is 11.1 Å². The lowest BCUT2D eigenvalue weighted by Crippen LogP contribution is -2.53. The first-order valence-corrected chi connectivity index (χ1v) is 7.09. The standard InChI is InChI=1S/C14H29N3O/c1-5-12(11-15)16-6-8-17(9-7-16)13(18)10-14(2,3)4/h12H,5-11,15H2,1-4H3. The number of carbonyl (C=O) groups excluding carboxylic acids is 1. The maximum absolute atomic E-state index is 12.1. The smallest absolute Gasteiger partial charge is 0.223 e. The third-order valence-electron chi connectivity index (χ3n) is 3.61. The van der Waals surface area contributed by atoms with Gasteiger partial charge in [-0.15, -0.1) is 0 Å². The summed E-state index contributed by atoms with van der Waals surface area (Å²) in [5, 5.41) is 0. The van der Waals surface area contributed by atoms with Crippen LogP contribution in [0.25, 0.3) is 0 Å². The molecule has 1 aliphatic heterocycles. The summed E-state index contributed by atoms with van der Waals surface area (Å²) in [4.78, 5) is 16.5. The summed E-state index contributed by atoms with van der Waals surface area (Å²) in [5.74, 6) is 0.294. The number of rotatable bonds is 4. The highest BCUT2D eigenvalue weighted by Gasteiger charge is 2.26. The van der Waals surface area contributed by atoms with E-state index in [0.29, 0.717) is 24.9 Å². The van der Waals surface area contributed by atoms with Gasteiger partial charge in [0.05, 0.1) is 0 Å². The number of hydrogen-bond acceptors (Lipinski definition) is 3. The summed E-state index contributed by atoms with van der Waals surface area (Å²) >= 11 is 0. The number of carbonyl (C=O) groups is 1. The molecule has 1 rings (SSSR count). The molecule has 4 heteroatoms. The zero-order chi connectivity index (χ0) is 13.8. The van der Waals surface area contributed by atoms with Gasteiger partial charge in [-0.3, -0.25) is 9.69 Å². The van der Waals surface area contributed by atoms with Gasteiger partial charge < -0.3 is 10.6 Å². The van der Waals surface area contributed by atoms with Crippen LogP contribution in [-0.4, -0.2) is 54.5 Å². The maximum atomic E-state index is 12.1. The maximum Gasteiger partial charge on any atom is 0.223 e. The summed E-state index contributed by atoms with van der Waals surface area (Å²) in [6, 6.07) is 0.477. The van der Waals surface area contributed by atoms with Gasteiger partial charge in [-0.1, -0.05) is 27.7 Å². The van der Waals surface area contributed by atoms with Gasteiger partial charge in [-0.2, -0.15) is 0 Å². The first-order chi connectivity index (χ1) is 8.37. The van der Waals surface area contributed by atoms with Crippen molar-refractivity contribution in [2.75, 3.05) is 32.7 Å². The van der Waals surface area contributed by atoms with Crippen LogP contribution in [-0.2, 0) is 4.79 Å². The molecule has 1 aliphatic rings. The van der Waals surface area contributed by atoms with Gasteiger partial charge >= 0.3 is 0 Å². The molecule has 0 aromatic heterocycles. The Morgan fingerprint density at radius 3 is 2.17 bits per heavy atom. The minimum absolute atomic E-state index is 0.0808. The Hall–Kier alpha value is -0.610. The molecular weight excluding hydrogens is 226 g/mol. The molecule has 18 heavy (non-hydrogen) atoms. The first-order valence-electron chi connectivity index (χ1n) is 7.09. The van der Waals surface area contributed by atoms with E-state index >= 15 is 0 Å². The zero-order valence-corrected chi connectivity index (χ0v) is 12.4. The van der Waals surface area contributed by atoms with Crippen LogP contribution in [0, 0.1) is 5.41 Å². The number of piperazine rings is 1. The Bertz CT molecular complexity index is 261. The minimum atomic E-state index is 0.0808. The van der Waals surface area contributed by atoms with Crippen LogP contribution < -0.4 is 5.73 Å². The largest absolute Gasteiger partial charge is 0.340 e. The van der Waals surface area contributed by atoms with Crippen LogP contribution in [0.1, 0.15) is 40.5 Å². The lowest BCUT2D eigenvalue weighted by molar-refractivity contribution is -0.135. The number of nitrogens with zero attached hydrogens (tertiary/aromatic N) is 2. The van der Waals surface area contributed by atoms with Crippen LogP contribution in [0.5, 0.6) is 0 Å². The lowest BCUT2D eigenvalue weighted by atomic mass is 9.91. The van der Waals surface area contributed by atoms with E-state index in [9.17, 15) is 4.79 Å². The topological polar surface area (TPSA) is 49.6 Å². The number of amides is 1. The summed E-state index contributed by atoms with van der Waals surface area (Å²) in [7, 11) is 0. The summed E-state index contributed by atoms with van der Waals surface area (Å²) < 4.78 is 0. The van der Waals surface area contributed by atoms with E-state index in [-0.39, 0.29) is 5.41 Å². The van der Waals surface area contributed by atoms with Gasteiger partial charge in [0, 0.05) is 45.2 Å². The van der Waals surface area contributed by atoms with Gasteiger partial charge in [0.2, 0.25) is 5.91 Å². The molecule has 1 atom stereocenters. The molecule has 0 radical (unpaired) electrons.